The van der Waals surface area contributed by atoms with Crippen molar-refractivity contribution in [3.63, 3.8) is 0 Å². The van der Waals surface area contributed by atoms with E-state index in [2.05, 4.69) is 50.0 Å². The van der Waals surface area contributed by atoms with Crippen LogP contribution in [0.5, 0.6) is 0 Å². The first-order valence-electron chi connectivity index (χ1n) is 23.6. The van der Waals surface area contributed by atoms with Crippen molar-refractivity contribution in [1.29, 1.82) is 0 Å². The predicted octanol–water partition coefficient (Wildman–Crippen LogP) is 10.3. The predicted molar refractivity (Wildman–Crippen MR) is 270 cm³/mol. The second kappa shape index (κ2) is 19.6. The number of aromatic nitrogens is 2. The van der Waals surface area contributed by atoms with Crippen LogP contribution in [0.3, 0.4) is 0 Å². The smallest absolute Gasteiger partial charge is 0.309 e. The number of thiophene rings is 1. The van der Waals surface area contributed by atoms with Crippen molar-refractivity contribution in [3.8, 4) is 0 Å². The van der Waals surface area contributed by atoms with Gasteiger partial charge in [-0.25, -0.2) is 0 Å². The van der Waals surface area contributed by atoms with Crippen LogP contribution in [0.15, 0.2) is 88.5 Å². The molecule has 3 aromatic heterocycles. The molecule has 2 amide bonds. The SMILES string of the molecule is CC(OC(=O)CCc1c(C=C2C(=O)Nc3ccc(N=Cc4ccsc4)cc32)[nH]c2c1C(=O)CCC2)OC(=O)CCc1c(C=C2C(=O)Nc3ccc(NC(C)c4ccccc4)cc32)[nH]c2c1C(=O)CCC2. The maximum atomic E-state index is 13.4. The number of hydrogen-bond acceptors (Lipinski definition) is 11. The molecule has 0 radical (unpaired) electrons. The Morgan fingerprint density at radius 3 is 1.86 bits per heavy atom. The van der Waals surface area contributed by atoms with Gasteiger partial charge in [-0.1, -0.05) is 30.3 Å². The molecule has 2 unspecified atom stereocenters. The lowest BCUT2D eigenvalue weighted by molar-refractivity contribution is -0.184. The molecule has 6 aromatic rings. The van der Waals surface area contributed by atoms with Crippen LogP contribution in [0.1, 0.15) is 135 Å². The van der Waals surface area contributed by atoms with Crippen LogP contribution in [0.2, 0.25) is 0 Å². The summed E-state index contributed by atoms with van der Waals surface area (Å²) in [6.45, 7) is 3.53. The number of anilines is 3. The fraction of sp³-hybridized carbons (Fsp3) is 0.255. The van der Waals surface area contributed by atoms with Crippen LogP contribution in [-0.2, 0) is 54.3 Å². The van der Waals surface area contributed by atoms with E-state index in [0.29, 0.717) is 112 Å². The van der Waals surface area contributed by atoms with Gasteiger partial charge in [-0.15, -0.1) is 0 Å². The largest absolute Gasteiger partial charge is 0.425 e. The van der Waals surface area contributed by atoms with Gasteiger partial charge in [0, 0.05) is 113 Å². The van der Waals surface area contributed by atoms with Crippen LogP contribution < -0.4 is 16.0 Å². The van der Waals surface area contributed by atoms with E-state index in [9.17, 15) is 28.8 Å². The molecule has 0 bridgehead atoms. The van der Waals surface area contributed by atoms with E-state index < -0.39 is 18.2 Å². The lowest BCUT2D eigenvalue weighted by atomic mass is 9.91. The zero-order valence-corrected chi connectivity index (χ0v) is 39.5. The number of ketones is 2. The lowest BCUT2D eigenvalue weighted by Crippen LogP contribution is -2.22. The summed E-state index contributed by atoms with van der Waals surface area (Å²) in [5.74, 6) is -1.93. The molecule has 4 aliphatic rings. The fourth-order valence-electron chi connectivity index (χ4n) is 9.80. The molecule has 0 saturated carbocycles. The molecule has 2 aliphatic heterocycles. The van der Waals surface area contributed by atoms with E-state index in [1.807, 2.05) is 71.4 Å². The highest BCUT2D eigenvalue weighted by Gasteiger charge is 2.32. The molecule has 10 rings (SSSR count). The van der Waals surface area contributed by atoms with E-state index in [-0.39, 0.29) is 55.1 Å². The summed E-state index contributed by atoms with van der Waals surface area (Å²) in [4.78, 5) is 91.6. The average molecular weight is 955 g/mol. The van der Waals surface area contributed by atoms with Gasteiger partial charge in [-0.05, 0) is 128 Å². The van der Waals surface area contributed by atoms with Crippen molar-refractivity contribution in [1.82, 2.24) is 9.97 Å². The molecule has 354 valence electrons. The summed E-state index contributed by atoms with van der Waals surface area (Å²) < 4.78 is 11.1. The molecule has 5 heterocycles. The summed E-state index contributed by atoms with van der Waals surface area (Å²) in [6.07, 6.45) is 7.44. The average Bonchev–Trinajstić information content (AvgIpc) is 4.18. The normalized spacial score (nSPS) is 16.9. The molecule has 3 aromatic carbocycles. The zero-order chi connectivity index (χ0) is 48.5. The summed E-state index contributed by atoms with van der Waals surface area (Å²) in [6, 6.07) is 23.2. The Morgan fingerprint density at radius 1 is 0.714 bits per heavy atom. The highest BCUT2D eigenvalue weighted by atomic mass is 32.1. The number of ether oxygens (including phenoxy) is 2. The number of carbonyl (C=O) groups is 6. The Bertz CT molecular complexity index is 3190. The number of aryl methyl sites for hydroxylation is 2. The van der Waals surface area contributed by atoms with Crippen molar-refractivity contribution >= 4 is 98.9 Å². The lowest BCUT2D eigenvalue weighted by Gasteiger charge is -2.16. The number of carbonyl (C=O) groups excluding carboxylic acids is 6. The Morgan fingerprint density at radius 2 is 1.29 bits per heavy atom. The molecule has 0 saturated heterocycles. The Kier molecular flexibility index (Phi) is 12.8. The minimum atomic E-state index is -1.23. The second-order valence-electron chi connectivity index (χ2n) is 17.9. The van der Waals surface area contributed by atoms with Crippen molar-refractivity contribution in [2.24, 2.45) is 4.99 Å². The number of benzene rings is 3. The number of hydrogen-bond donors (Lipinski definition) is 5. The first-order chi connectivity index (χ1) is 33.9. The number of rotatable bonds is 15. The standard InChI is InChI=1S/C55H50N6O8S/c1-30(33-8-4-3-5-9-33)57-35-15-19-43-39(25-35)41(55(67)61-43)27-47-37(53-45(59-47)11-7-13-49(53)63)17-21-51(65)69-31(2)68-50(64)20-16-36-46(58-44-10-6-12-48(62)52(36)44)26-40-38-24-34(14-18-42(38)60-54(40)66)56-28-32-22-23-70-29-32/h3-5,8-9,14-15,18-19,22-31,57-59H,6-7,10-13,16-17,20-21H2,1-2H3,(H,60,66)(H,61,67). The van der Waals surface area contributed by atoms with E-state index in [1.54, 1.807) is 29.7 Å². The van der Waals surface area contributed by atoms with E-state index in [4.69, 9.17) is 9.47 Å². The number of aromatic amines is 2. The van der Waals surface area contributed by atoms with Crippen LogP contribution in [0.25, 0.3) is 23.3 Å². The minimum absolute atomic E-state index is 0.0136. The number of Topliss-reactive ketones (excluding diaryl/α,β-unsaturated/α-hetero) is 2. The highest BCUT2D eigenvalue weighted by Crippen LogP contribution is 2.40. The maximum Gasteiger partial charge on any atom is 0.309 e. The molecule has 0 spiro atoms. The highest BCUT2D eigenvalue weighted by molar-refractivity contribution is 7.08. The van der Waals surface area contributed by atoms with Gasteiger partial charge in [0.2, 0.25) is 6.29 Å². The molecule has 2 atom stereocenters. The topological polar surface area (TPSA) is 201 Å². The summed E-state index contributed by atoms with van der Waals surface area (Å²) in [5, 5.41) is 13.4. The molecule has 15 heteroatoms. The van der Waals surface area contributed by atoms with Gasteiger partial charge in [0.25, 0.3) is 11.8 Å². The van der Waals surface area contributed by atoms with Gasteiger partial charge in [0.15, 0.2) is 11.6 Å². The third kappa shape index (κ3) is 9.57. The van der Waals surface area contributed by atoms with Gasteiger partial charge < -0.3 is 35.4 Å². The van der Waals surface area contributed by atoms with Crippen molar-refractivity contribution in [2.75, 3.05) is 16.0 Å². The molecule has 70 heavy (non-hydrogen) atoms. The number of nitrogens with zero attached hydrogens (tertiary/aromatic N) is 1. The fourth-order valence-corrected chi connectivity index (χ4v) is 10.4. The third-order valence-electron chi connectivity index (χ3n) is 13.2. The number of amides is 2. The van der Waals surface area contributed by atoms with Crippen LogP contribution in [0, 0.1) is 0 Å². The third-order valence-corrected chi connectivity index (χ3v) is 13.9. The van der Waals surface area contributed by atoms with Crippen LogP contribution in [-0.4, -0.2) is 57.8 Å². The van der Waals surface area contributed by atoms with Gasteiger partial charge >= 0.3 is 11.9 Å². The second-order valence-corrected chi connectivity index (χ2v) is 18.7. The summed E-state index contributed by atoms with van der Waals surface area (Å²) in [7, 11) is 0. The monoisotopic (exact) mass is 954 g/mol. The zero-order valence-electron chi connectivity index (χ0n) is 38.7. The van der Waals surface area contributed by atoms with E-state index in [1.165, 1.54) is 6.92 Å². The number of fused-ring (bicyclic) bond motifs is 4. The number of H-pyrrole nitrogens is 2. The Hall–Kier alpha value is -7.91. The van der Waals surface area contributed by atoms with E-state index >= 15 is 0 Å². The van der Waals surface area contributed by atoms with Crippen molar-refractivity contribution in [2.45, 2.75) is 90.4 Å². The van der Waals surface area contributed by atoms with Crippen molar-refractivity contribution in [3.05, 3.63) is 151 Å². The molecule has 2 aliphatic carbocycles. The number of esters is 2. The summed E-state index contributed by atoms with van der Waals surface area (Å²) >= 11 is 1.58. The molecule has 14 nitrogen and oxygen atoms in total. The van der Waals surface area contributed by atoms with Gasteiger partial charge in [-0.3, -0.25) is 33.8 Å². The summed E-state index contributed by atoms with van der Waals surface area (Å²) in [5.41, 5.74) is 12.1. The maximum absolute atomic E-state index is 13.4. The molecular weight excluding hydrogens is 905 g/mol. The van der Waals surface area contributed by atoms with Gasteiger partial charge in [0.05, 0.1) is 16.8 Å². The Labute approximate surface area is 407 Å². The Balaban J connectivity index is 0.808. The molecule has 0 fully saturated rings. The first kappa shape index (κ1) is 45.9. The molecule has 5 N–H and O–H groups in total. The molecular formula is C55H50N6O8S. The van der Waals surface area contributed by atoms with Gasteiger partial charge in [0.1, 0.15) is 0 Å². The number of aliphatic imine (C=N–C) groups is 1. The van der Waals surface area contributed by atoms with Gasteiger partial charge in [-0.2, -0.15) is 11.3 Å². The first-order valence-corrected chi connectivity index (χ1v) is 24.6. The van der Waals surface area contributed by atoms with Crippen LogP contribution >= 0.6 is 11.3 Å². The van der Waals surface area contributed by atoms with E-state index in [0.717, 1.165) is 28.2 Å². The number of nitrogens with one attached hydrogen (secondary N) is 5. The van der Waals surface area contributed by atoms with Crippen molar-refractivity contribution < 1.29 is 38.2 Å². The quantitative estimate of drug-likeness (QED) is 0.0287. The van der Waals surface area contributed by atoms with Crippen LogP contribution in [0.4, 0.5) is 22.7 Å². The minimum Gasteiger partial charge on any atom is -0.425 e.